The van der Waals surface area contributed by atoms with E-state index in [1.54, 1.807) is 52.0 Å². The molecule has 7 heteroatoms. The van der Waals surface area contributed by atoms with Gasteiger partial charge in [-0.05, 0) is 39.8 Å². The van der Waals surface area contributed by atoms with E-state index in [0.717, 1.165) is 5.01 Å². The number of hydrazine groups is 1. The molecule has 1 N–H and O–H groups in total. The van der Waals surface area contributed by atoms with E-state index in [9.17, 15) is 14.4 Å². The summed E-state index contributed by atoms with van der Waals surface area (Å²) in [5.74, 6) is -0.925. The van der Waals surface area contributed by atoms with Crippen LogP contribution in [0.3, 0.4) is 0 Å². The first-order valence-corrected chi connectivity index (χ1v) is 7.43. The van der Waals surface area contributed by atoms with E-state index in [0.29, 0.717) is 11.3 Å². The molecular weight excluding hydrogens is 298 g/mol. The van der Waals surface area contributed by atoms with E-state index in [-0.39, 0.29) is 19.1 Å². The minimum Gasteiger partial charge on any atom is -0.465 e. The highest BCUT2D eigenvalue weighted by Crippen LogP contribution is 2.28. The van der Waals surface area contributed by atoms with Gasteiger partial charge >= 0.3 is 12.0 Å². The Morgan fingerprint density at radius 1 is 1.22 bits per heavy atom. The third-order valence-corrected chi connectivity index (χ3v) is 3.29. The molecule has 1 aromatic carbocycles. The molecule has 23 heavy (non-hydrogen) atoms. The molecule has 7 nitrogen and oxygen atoms in total. The Bertz CT molecular complexity index is 636. The number of para-hydroxylation sites is 1. The number of fused-ring (bicyclic) bond motifs is 1. The van der Waals surface area contributed by atoms with Crippen LogP contribution in [0.1, 0.15) is 38.1 Å². The van der Waals surface area contributed by atoms with Gasteiger partial charge in [0.05, 0.1) is 23.4 Å². The van der Waals surface area contributed by atoms with Crippen LogP contribution in [0, 0.1) is 0 Å². The fourth-order valence-electron chi connectivity index (χ4n) is 2.41. The SMILES string of the molecule is CCOC(=O)CN1C(=O)Nc2ccccc2C(=O)N1C(C)(C)C. The number of carbonyl (C=O) groups excluding carboxylic acids is 3. The minimum absolute atomic E-state index is 0.206. The van der Waals surface area contributed by atoms with E-state index >= 15 is 0 Å². The van der Waals surface area contributed by atoms with Crippen molar-refractivity contribution >= 4 is 23.6 Å². The zero-order valence-electron chi connectivity index (χ0n) is 13.8. The lowest BCUT2D eigenvalue weighted by atomic mass is 10.1. The Balaban J connectivity index is 2.46. The molecule has 0 atom stereocenters. The van der Waals surface area contributed by atoms with Crippen molar-refractivity contribution in [3.63, 3.8) is 0 Å². The predicted molar refractivity (Wildman–Crippen MR) is 84.7 cm³/mol. The number of anilines is 1. The number of benzene rings is 1. The Morgan fingerprint density at radius 3 is 2.48 bits per heavy atom. The van der Waals surface area contributed by atoms with Crippen LogP contribution < -0.4 is 5.32 Å². The average molecular weight is 319 g/mol. The summed E-state index contributed by atoms with van der Waals surface area (Å²) in [6.07, 6.45) is 0. The molecule has 2 rings (SSSR count). The van der Waals surface area contributed by atoms with Gasteiger partial charge in [0.15, 0.2) is 0 Å². The van der Waals surface area contributed by atoms with Crippen LogP contribution in [0.2, 0.25) is 0 Å². The number of rotatable bonds is 3. The summed E-state index contributed by atoms with van der Waals surface area (Å²) in [6, 6.07) is 6.20. The zero-order valence-corrected chi connectivity index (χ0v) is 13.8. The van der Waals surface area contributed by atoms with Gasteiger partial charge in [-0.25, -0.2) is 14.8 Å². The molecule has 0 fully saturated rings. The van der Waals surface area contributed by atoms with Crippen molar-refractivity contribution in [1.29, 1.82) is 0 Å². The predicted octanol–water partition coefficient (Wildman–Crippen LogP) is 2.25. The summed E-state index contributed by atoms with van der Waals surface area (Å²) in [4.78, 5) is 37.3. The highest BCUT2D eigenvalue weighted by molar-refractivity contribution is 6.07. The average Bonchev–Trinajstić information content (AvgIpc) is 2.55. The van der Waals surface area contributed by atoms with Crippen LogP contribution in [0.4, 0.5) is 10.5 Å². The van der Waals surface area contributed by atoms with Crippen molar-refractivity contribution in [1.82, 2.24) is 10.0 Å². The maximum absolute atomic E-state index is 12.9. The van der Waals surface area contributed by atoms with Gasteiger partial charge in [-0.1, -0.05) is 12.1 Å². The van der Waals surface area contributed by atoms with Gasteiger partial charge in [0.25, 0.3) is 5.91 Å². The molecule has 0 saturated carbocycles. The van der Waals surface area contributed by atoms with Crippen LogP contribution in [0.15, 0.2) is 24.3 Å². The van der Waals surface area contributed by atoms with Crippen molar-refractivity contribution < 1.29 is 19.1 Å². The van der Waals surface area contributed by atoms with Gasteiger partial charge in [0, 0.05) is 0 Å². The first kappa shape index (κ1) is 16.8. The Kier molecular flexibility index (Phi) is 4.58. The molecule has 1 aliphatic rings. The molecule has 1 aliphatic heterocycles. The normalized spacial score (nSPS) is 15.0. The van der Waals surface area contributed by atoms with Gasteiger partial charge in [-0.3, -0.25) is 9.59 Å². The largest absolute Gasteiger partial charge is 0.465 e. The molecule has 1 heterocycles. The van der Waals surface area contributed by atoms with Crippen LogP contribution in [0.5, 0.6) is 0 Å². The third-order valence-electron chi connectivity index (χ3n) is 3.29. The molecule has 0 aromatic heterocycles. The number of nitrogens with one attached hydrogen (secondary N) is 1. The molecule has 124 valence electrons. The van der Waals surface area contributed by atoms with Gasteiger partial charge in [0.1, 0.15) is 6.54 Å². The summed E-state index contributed by atoms with van der Waals surface area (Å²) in [6.45, 7) is 6.94. The minimum atomic E-state index is -0.696. The monoisotopic (exact) mass is 319 g/mol. The maximum Gasteiger partial charge on any atom is 0.341 e. The second-order valence-electron chi connectivity index (χ2n) is 6.13. The second kappa shape index (κ2) is 6.28. The maximum atomic E-state index is 12.9. The van der Waals surface area contributed by atoms with Crippen molar-refractivity contribution in [2.24, 2.45) is 0 Å². The fraction of sp³-hybridized carbons (Fsp3) is 0.438. The van der Waals surface area contributed by atoms with Crippen LogP contribution in [0.25, 0.3) is 0 Å². The fourth-order valence-corrected chi connectivity index (χ4v) is 2.41. The number of ether oxygens (including phenoxy) is 1. The van der Waals surface area contributed by atoms with Crippen LogP contribution in [-0.2, 0) is 9.53 Å². The van der Waals surface area contributed by atoms with Gasteiger partial charge in [-0.2, -0.15) is 0 Å². The van der Waals surface area contributed by atoms with Crippen molar-refractivity contribution in [3.05, 3.63) is 29.8 Å². The number of hydrogen-bond donors (Lipinski definition) is 1. The molecule has 0 aliphatic carbocycles. The summed E-state index contributed by atoms with van der Waals surface area (Å²) in [5.41, 5.74) is 0.100. The zero-order chi connectivity index (χ0) is 17.2. The molecule has 1 aromatic rings. The van der Waals surface area contributed by atoms with Crippen molar-refractivity contribution in [2.75, 3.05) is 18.5 Å². The highest BCUT2D eigenvalue weighted by Gasteiger charge is 2.40. The van der Waals surface area contributed by atoms with E-state index in [4.69, 9.17) is 4.74 Å². The molecule has 3 amide bonds. The summed E-state index contributed by atoms with van der Waals surface area (Å²) in [5, 5.41) is 5.06. The molecular formula is C16H21N3O4. The lowest BCUT2D eigenvalue weighted by Crippen LogP contribution is -2.59. The van der Waals surface area contributed by atoms with Crippen LogP contribution in [-0.4, -0.2) is 46.6 Å². The molecule has 0 spiro atoms. The van der Waals surface area contributed by atoms with E-state index < -0.39 is 17.5 Å². The van der Waals surface area contributed by atoms with E-state index in [2.05, 4.69) is 5.32 Å². The summed E-state index contributed by atoms with van der Waals surface area (Å²) >= 11 is 0. The number of urea groups is 1. The number of esters is 1. The quantitative estimate of drug-likeness (QED) is 0.867. The molecule has 0 bridgehead atoms. The number of amides is 3. The van der Waals surface area contributed by atoms with E-state index in [1.807, 2.05) is 0 Å². The van der Waals surface area contributed by atoms with Gasteiger partial charge < -0.3 is 10.1 Å². The Hall–Kier alpha value is -2.57. The van der Waals surface area contributed by atoms with Gasteiger partial charge in [-0.15, -0.1) is 0 Å². The smallest absolute Gasteiger partial charge is 0.341 e. The number of hydrogen-bond acceptors (Lipinski definition) is 4. The molecule has 0 saturated heterocycles. The lowest BCUT2D eigenvalue weighted by molar-refractivity contribution is -0.147. The topological polar surface area (TPSA) is 79.0 Å². The first-order chi connectivity index (χ1) is 10.8. The standard InChI is InChI=1S/C16H21N3O4/c1-5-23-13(20)10-18-15(22)17-12-9-7-6-8-11(12)14(21)19(18)16(2,3)4/h6-9H,5,10H2,1-4H3,(H,17,22). The highest BCUT2D eigenvalue weighted by atomic mass is 16.5. The summed E-state index contributed by atoms with van der Waals surface area (Å²) in [7, 11) is 0. The molecule has 0 unspecified atom stereocenters. The first-order valence-electron chi connectivity index (χ1n) is 7.43. The summed E-state index contributed by atoms with van der Waals surface area (Å²) < 4.78 is 4.91. The number of carbonyl (C=O) groups is 3. The van der Waals surface area contributed by atoms with Gasteiger partial charge in [0.2, 0.25) is 0 Å². The van der Waals surface area contributed by atoms with E-state index in [1.165, 1.54) is 5.01 Å². The van der Waals surface area contributed by atoms with Crippen molar-refractivity contribution in [2.45, 2.75) is 33.2 Å². The Labute approximate surface area is 135 Å². The van der Waals surface area contributed by atoms with Crippen molar-refractivity contribution in [3.8, 4) is 0 Å². The molecule has 0 radical (unpaired) electrons. The second-order valence-corrected chi connectivity index (χ2v) is 6.13. The Morgan fingerprint density at radius 2 is 1.87 bits per heavy atom. The van der Waals surface area contributed by atoms with Crippen LogP contribution >= 0.6 is 0 Å². The number of nitrogens with zero attached hydrogens (tertiary/aromatic N) is 2. The third kappa shape index (κ3) is 3.44. The lowest BCUT2D eigenvalue weighted by Gasteiger charge is -2.41.